The number of ether oxygens (including phenoxy) is 1. The molecule has 0 unspecified atom stereocenters. The molecule has 2 nitrogen and oxygen atoms in total. The monoisotopic (exact) mass is 264 g/mol. The quantitative estimate of drug-likeness (QED) is 0.539. The van der Waals surface area contributed by atoms with E-state index in [0.29, 0.717) is 26.1 Å². The Balaban J connectivity index is 3.82. The highest BCUT2D eigenvalue weighted by molar-refractivity contribution is 4.83. The average Bonchev–Trinajstić information content (AvgIpc) is 2.21. The first-order valence-electron chi connectivity index (χ1n) is 5.43. The van der Waals surface area contributed by atoms with Gasteiger partial charge in [0.15, 0.2) is 0 Å². The van der Waals surface area contributed by atoms with Crippen molar-refractivity contribution in [2.45, 2.75) is 50.8 Å². The van der Waals surface area contributed by atoms with Gasteiger partial charge in [0, 0.05) is 13.2 Å². The molecule has 0 rings (SSSR count). The van der Waals surface area contributed by atoms with Crippen molar-refractivity contribution in [3.63, 3.8) is 0 Å². The third-order valence-electron chi connectivity index (χ3n) is 2.27. The second-order valence-electron chi connectivity index (χ2n) is 3.68. The maximum atomic E-state index is 12.6. The molecule has 104 valence electrons. The van der Waals surface area contributed by atoms with Gasteiger partial charge in [-0.25, -0.2) is 0 Å². The Kier molecular flexibility index (Phi) is 6.92. The number of halogens is 5. The maximum Gasteiger partial charge on any atom is 0.456 e. The third kappa shape index (κ3) is 5.63. The van der Waals surface area contributed by atoms with Crippen molar-refractivity contribution < 1.29 is 31.8 Å². The first kappa shape index (κ1) is 16.6. The Labute approximate surface area is 96.8 Å². The molecule has 0 aliphatic rings. The largest absolute Gasteiger partial charge is 0.456 e. The molecule has 0 aromatic rings. The van der Waals surface area contributed by atoms with E-state index in [2.05, 4.69) is 0 Å². The maximum absolute atomic E-state index is 12.6. The first-order valence-corrected chi connectivity index (χ1v) is 5.43. The minimum atomic E-state index is -5.70. The van der Waals surface area contributed by atoms with E-state index in [-0.39, 0.29) is 6.42 Å². The Morgan fingerprint density at radius 2 is 1.65 bits per heavy atom. The smallest absolute Gasteiger partial charge is 0.386 e. The molecule has 17 heavy (non-hydrogen) atoms. The molecule has 0 saturated carbocycles. The van der Waals surface area contributed by atoms with Crippen molar-refractivity contribution in [1.29, 1.82) is 0 Å². The van der Waals surface area contributed by atoms with Crippen molar-refractivity contribution in [2.24, 2.45) is 0 Å². The zero-order valence-electron chi connectivity index (χ0n) is 9.57. The van der Waals surface area contributed by atoms with Crippen molar-refractivity contribution in [3.05, 3.63) is 0 Å². The lowest BCUT2D eigenvalue weighted by Gasteiger charge is -2.24. The van der Waals surface area contributed by atoms with Gasteiger partial charge in [0.2, 0.25) is 0 Å². The normalized spacial score (nSPS) is 15.0. The topological polar surface area (TPSA) is 29.5 Å². The van der Waals surface area contributed by atoms with Crippen molar-refractivity contribution in [1.82, 2.24) is 0 Å². The van der Waals surface area contributed by atoms with Crippen LogP contribution in [0.1, 0.15) is 32.6 Å². The summed E-state index contributed by atoms with van der Waals surface area (Å²) < 4.78 is 65.6. The highest BCUT2D eigenvalue weighted by Gasteiger charge is 2.61. The molecule has 0 amide bonds. The zero-order valence-corrected chi connectivity index (χ0v) is 9.57. The van der Waals surface area contributed by atoms with E-state index in [1.165, 1.54) is 0 Å². The first-order chi connectivity index (χ1) is 7.73. The Hall–Kier alpha value is -0.430. The number of hydrogen-bond donors (Lipinski definition) is 1. The van der Waals surface area contributed by atoms with Crippen LogP contribution in [0, 0.1) is 0 Å². The lowest BCUT2D eigenvalue weighted by atomic mass is 10.0. The summed E-state index contributed by atoms with van der Waals surface area (Å²) in [7, 11) is 0. The zero-order chi connectivity index (χ0) is 13.5. The highest BCUT2D eigenvalue weighted by atomic mass is 19.4. The third-order valence-corrected chi connectivity index (χ3v) is 2.27. The fraction of sp³-hybridized carbons (Fsp3) is 1.00. The molecule has 0 aromatic heterocycles. The lowest BCUT2D eigenvalue weighted by molar-refractivity contribution is -0.313. The molecular weight excluding hydrogens is 247 g/mol. The summed E-state index contributed by atoms with van der Waals surface area (Å²) in [5.41, 5.74) is 0. The van der Waals surface area contributed by atoms with Gasteiger partial charge in [0.1, 0.15) is 6.10 Å². The fourth-order valence-electron chi connectivity index (χ4n) is 1.23. The Morgan fingerprint density at radius 3 is 2.12 bits per heavy atom. The van der Waals surface area contributed by atoms with Gasteiger partial charge in [0.05, 0.1) is 0 Å². The SMILES string of the molecule is CCOCCCCC[C@@H](O)C(F)(F)C(F)(F)F. The summed E-state index contributed by atoms with van der Waals surface area (Å²) in [5.74, 6) is -5.03. The van der Waals surface area contributed by atoms with Crippen LogP contribution >= 0.6 is 0 Å². The van der Waals surface area contributed by atoms with Crippen LogP contribution < -0.4 is 0 Å². The number of rotatable bonds is 8. The molecule has 0 radical (unpaired) electrons. The number of aliphatic hydroxyl groups is 1. The summed E-state index contributed by atoms with van der Waals surface area (Å²) in [5, 5.41) is 8.81. The summed E-state index contributed by atoms with van der Waals surface area (Å²) in [6, 6.07) is 0. The van der Waals surface area contributed by atoms with E-state index in [0.717, 1.165) is 0 Å². The Morgan fingerprint density at radius 1 is 1.06 bits per heavy atom. The van der Waals surface area contributed by atoms with Crippen LogP contribution in [-0.2, 0) is 4.74 Å². The van der Waals surface area contributed by atoms with Gasteiger partial charge >= 0.3 is 12.1 Å². The van der Waals surface area contributed by atoms with Gasteiger partial charge in [0.25, 0.3) is 0 Å². The van der Waals surface area contributed by atoms with Crippen molar-refractivity contribution in [3.8, 4) is 0 Å². The van der Waals surface area contributed by atoms with Gasteiger partial charge in [-0.05, 0) is 19.8 Å². The van der Waals surface area contributed by atoms with Crippen LogP contribution in [0.3, 0.4) is 0 Å². The van der Waals surface area contributed by atoms with Gasteiger partial charge in [-0.2, -0.15) is 22.0 Å². The average molecular weight is 264 g/mol. The summed E-state index contributed by atoms with van der Waals surface area (Å²) >= 11 is 0. The van der Waals surface area contributed by atoms with Crippen LogP contribution in [0.4, 0.5) is 22.0 Å². The molecule has 0 bridgehead atoms. The number of aliphatic hydroxyl groups excluding tert-OH is 1. The summed E-state index contributed by atoms with van der Waals surface area (Å²) in [6.45, 7) is 2.78. The van der Waals surface area contributed by atoms with E-state index < -0.39 is 24.6 Å². The molecule has 0 saturated heterocycles. The number of hydrogen-bond acceptors (Lipinski definition) is 2. The molecule has 0 fully saturated rings. The van der Waals surface area contributed by atoms with Crippen LogP contribution in [0.25, 0.3) is 0 Å². The minimum Gasteiger partial charge on any atom is -0.386 e. The molecule has 1 atom stereocenters. The van der Waals surface area contributed by atoms with Gasteiger partial charge < -0.3 is 9.84 Å². The van der Waals surface area contributed by atoms with Gasteiger partial charge in [-0.15, -0.1) is 0 Å². The molecule has 0 aliphatic carbocycles. The highest BCUT2D eigenvalue weighted by Crippen LogP contribution is 2.39. The minimum absolute atomic E-state index is 0.111. The Bertz CT molecular complexity index is 205. The second kappa shape index (κ2) is 7.10. The van der Waals surface area contributed by atoms with Crippen LogP contribution in [0.5, 0.6) is 0 Å². The van der Waals surface area contributed by atoms with Crippen LogP contribution in [0.15, 0.2) is 0 Å². The summed E-state index contributed by atoms with van der Waals surface area (Å²) in [4.78, 5) is 0. The molecular formula is C10H17F5O2. The predicted molar refractivity (Wildman–Crippen MR) is 52.0 cm³/mol. The van der Waals surface area contributed by atoms with E-state index in [9.17, 15) is 22.0 Å². The van der Waals surface area contributed by atoms with Gasteiger partial charge in [-0.3, -0.25) is 0 Å². The molecule has 0 aromatic carbocycles. The number of alkyl halides is 5. The molecule has 0 aliphatic heterocycles. The molecule has 0 spiro atoms. The van der Waals surface area contributed by atoms with E-state index in [1.807, 2.05) is 0 Å². The van der Waals surface area contributed by atoms with Crippen molar-refractivity contribution in [2.75, 3.05) is 13.2 Å². The number of unbranched alkanes of at least 4 members (excludes halogenated alkanes) is 2. The molecule has 0 heterocycles. The summed E-state index contributed by atoms with van der Waals surface area (Å²) in [6.07, 6.45) is -7.80. The van der Waals surface area contributed by atoms with Crippen LogP contribution in [-0.4, -0.2) is 36.5 Å². The second-order valence-corrected chi connectivity index (χ2v) is 3.68. The van der Waals surface area contributed by atoms with E-state index in [1.54, 1.807) is 6.92 Å². The van der Waals surface area contributed by atoms with E-state index in [4.69, 9.17) is 9.84 Å². The van der Waals surface area contributed by atoms with Gasteiger partial charge in [-0.1, -0.05) is 12.8 Å². The molecule has 1 N–H and O–H groups in total. The van der Waals surface area contributed by atoms with Crippen LogP contribution in [0.2, 0.25) is 0 Å². The standard InChI is InChI=1S/C10H17F5O2/c1-2-17-7-5-3-4-6-8(16)9(11,12)10(13,14)15/h8,16H,2-7H2,1H3/t8-/m1/s1. The van der Waals surface area contributed by atoms with E-state index >= 15 is 0 Å². The lowest BCUT2D eigenvalue weighted by Crippen LogP contribution is -2.46. The fourth-order valence-corrected chi connectivity index (χ4v) is 1.23. The predicted octanol–water partition coefficient (Wildman–Crippen LogP) is 3.14. The van der Waals surface area contributed by atoms with Crippen molar-refractivity contribution >= 4 is 0 Å². The molecule has 7 heteroatoms.